The Morgan fingerprint density at radius 2 is 1.93 bits per heavy atom. The van der Waals surface area contributed by atoms with Crippen LogP contribution in [0.2, 0.25) is 0 Å². The van der Waals surface area contributed by atoms with E-state index in [-0.39, 0.29) is 13.3 Å². The topological polar surface area (TPSA) is 112 Å². The van der Waals surface area contributed by atoms with Crippen LogP contribution in [0.1, 0.15) is 17.4 Å². The average molecular weight is 392 g/mol. The van der Waals surface area contributed by atoms with Gasteiger partial charge in [-0.2, -0.15) is 0 Å². The first kappa shape index (κ1) is 20.4. The molecule has 1 aromatic carbocycles. The third-order valence-corrected chi connectivity index (χ3v) is 4.74. The minimum Gasteiger partial charge on any atom is -0.394 e. The molecule has 28 heavy (non-hydrogen) atoms. The second-order valence-corrected chi connectivity index (χ2v) is 6.64. The number of rotatable bonds is 7. The van der Waals surface area contributed by atoms with Gasteiger partial charge in [0.2, 0.25) is 0 Å². The summed E-state index contributed by atoms with van der Waals surface area (Å²) >= 11 is 0. The van der Waals surface area contributed by atoms with Crippen LogP contribution in [-0.2, 0) is 27.5 Å². The molecule has 2 aromatic rings. The number of benzene rings is 1. The summed E-state index contributed by atoms with van der Waals surface area (Å²) in [6.07, 6.45) is -2.49. The van der Waals surface area contributed by atoms with Crippen LogP contribution in [-0.4, -0.2) is 51.4 Å². The van der Waals surface area contributed by atoms with E-state index in [2.05, 4.69) is 0 Å². The van der Waals surface area contributed by atoms with Gasteiger partial charge in [-0.1, -0.05) is 30.3 Å². The van der Waals surface area contributed by atoms with Crippen molar-refractivity contribution in [2.45, 2.75) is 44.8 Å². The van der Waals surface area contributed by atoms with Crippen LogP contribution in [0, 0.1) is 6.92 Å². The molecule has 1 aromatic heterocycles. The first-order valence-corrected chi connectivity index (χ1v) is 8.89. The van der Waals surface area contributed by atoms with E-state index in [0.717, 1.165) is 10.1 Å². The van der Waals surface area contributed by atoms with Gasteiger partial charge in [0.05, 0.1) is 13.2 Å². The number of hydrogen-bond donors (Lipinski definition) is 2. The zero-order chi connectivity index (χ0) is 20.3. The van der Waals surface area contributed by atoms with Gasteiger partial charge in [0, 0.05) is 18.9 Å². The fourth-order valence-corrected chi connectivity index (χ4v) is 3.23. The third kappa shape index (κ3) is 3.94. The number of hydrogen-bond acceptors (Lipinski definition) is 7. The van der Waals surface area contributed by atoms with E-state index in [9.17, 15) is 19.8 Å². The van der Waals surface area contributed by atoms with Crippen molar-refractivity contribution in [3.05, 3.63) is 68.5 Å². The normalized spacial score (nSPS) is 24.6. The van der Waals surface area contributed by atoms with Crippen molar-refractivity contribution in [3.63, 3.8) is 0 Å². The lowest BCUT2D eigenvalue weighted by Gasteiger charge is -2.22. The van der Waals surface area contributed by atoms with Crippen molar-refractivity contribution in [2.24, 2.45) is 0 Å². The van der Waals surface area contributed by atoms with E-state index in [1.807, 2.05) is 30.3 Å². The predicted molar refractivity (Wildman–Crippen MR) is 98.7 cm³/mol. The highest BCUT2D eigenvalue weighted by Gasteiger charge is 2.45. The summed E-state index contributed by atoms with van der Waals surface area (Å²) in [5.41, 5.74) is 0.0985. The molecule has 0 spiro atoms. The molecular weight excluding hydrogens is 368 g/mol. The smallest absolute Gasteiger partial charge is 0.335 e. The van der Waals surface area contributed by atoms with E-state index < -0.39 is 42.4 Å². The molecule has 0 aliphatic carbocycles. The maximum atomic E-state index is 12.9. The van der Waals surface area contributed by atoms with Gasteiger partial charge in [-0.15, -0.1) is 0 Å². The lowest BCUT2D eigenvalue weighted by Crippen LogP contribution is -2.45. The Bertz CT molecular complexity index is 909. The minimum atomic E-state index is -1.11. The maximum absolute atomic E-state index is 12.9. The lowest BCUT2D eigenvalue weighted by molar-refractivity contribution is -0.0642. The molecule has 4 atom stereocenters. The summed E-state index contributed by atoms with van der Waals surface area (Å²) in [6.45, 7) is 1.16. The number of aryl methyl sites for hydroxylation is 1. The molecule has 1 saturated heterocycles. The first-order chi connectivity index (χ1) is 13.5. The largest absolute Gasteiger partial charge is 0.394 e. The van der Waals surface area contributed by atoms with Gasteiger partial charge in [-0.3, -0.25) is 9.36 Å². The molecule has 0 amide bonds. The molecule has 2 N–H and O–H groups in total. The highest BCUT2D eigenvalue weighted by molar-refractivity contribution is 5.13. The SMILES string of the molecule is CO[C@@H]1[C@H](O)C(CO)O[C@H]1n1cc(C)c(=O)n(COCc2ccccc2)c1=O. The Hall–Kier alpha value is -2.30. The molecule has 1 unspecified atom stereocenters. The molecule has 1 aliphatic rings. The fourth-order valence-electron chi connectivity index (χ4n) is 3.23. The van der Waals surface area contributed by atoms with Crippen molar-refractivity contribution in [1.29, 1.82) is 0 Å². The van der Waals surface area contributed by atoms with Crippen LogP contribution < -0.4 is 11.2 Å². The number of methoxy groups -OCH3 is 1. The monoisotopic (exact) mass is 392 g/mol. The van der Waals surface area contributed by atoms with Gasteiger partial charge in [0.1, 0.15) is 25.0 Å². The fraction of sp³-hybridized carbons (Fsp3) is 0.474. The van der Waals surface area contributed by atoms with Gasteiger partial charge in [-0.25, -0.2) is 9.36 Å². The summed E-state index contributed by atoms with van der Waals surface area (Å²) in [6, 6.07) is 9.38. The highest BCUT2D eigenvalue weighted by atomic mass is 16.6. The van der Waals surface area contributed by atoms with Crippen molar-refractivity contribution < 1.29 is 24.4 Å². The Morgan fingerprint density at radius 3 is 2.57 bits per heavy atom. The zero-order valence-electron chi connectivity index (χ0n) is 15.7. The second kappa shape index (κ2) is 8.80. The van der Waals surface area contributed by atoms with Gasteiger partial charge in [-0.05, 0) is 12.5 Å². The molecule has 0 bridgehead atoms. The number of aliphatic hydroxyl groups is 2. The third-order valence-electron chi connectivity index (χ3n) is 4.74. The molecule has 1 fully saturated rings. The maximum Gasteiger partial charge on any atom is 0.335 e. The van der Waals surface area contributed by atoms with Crippen LogP contribution in [0.4, 0.5) is 0 Å². The van der Waals surface area contributed by atoms with Gasteiger partial charge < -0.3 is 24.4 Å². The molecular formula is C19H24N2O7. The van der Waals surface area contributed by atoms with Crippen LogP contribution in [0.5, 0.6) is 0 Å². The van der Waals surface area contributed by atoms with Gasteiger partial charge >= 0.3 is 5.69 Å². The van der Waals surface area contributed by atoms with Gasteiger partial charge in [0.25, 0.3) is 5.56 Å². The van der Waals surface area contributed by atoms with Crippen molar-refractivity contribution >= 4 is 0 Å². The van der Waals surface area contributed by atoms with Crippen LogP contribution >= 0.6 is 0 Å². The van der Waals surface area contributed by atoms with E-state index in [4.69, 9.17) is 14.2 Å². The Morgan fingerprint density at radius 1 is 1.21 bits per heavy atom. The molecule has 1 aliphatic heterocycles. The summed E-state index contributed by atoms with van der Waals surface area (Å²) in [5.74, 6) is 0. The number of aliphatic hydroxyl groups excluding tert-OH is 2. The first-order valence-electron chi connectivity index (χ1n) is 8.89. The second-order valence-electron chi connectivity index (χ2n) is 6.64. The zero-order valence-corrected chi connectivity index (χ0v) is 15.7. The summed E-state index contributed by atoms with van der Waals surface area (Å²) in [4.78, 5) is 25.3. The Labute approximate surface area is 161 Å². The minimum absolute atomic E-state index is 0.232. The number of nitrogens with zero attached hydrogens (tertiary/aromatic N) is 2. The van der Waals surface area contributed by atoms with Crippen molar-refractivity contribution in [2.75, 3.05) is 13.7 Å². The van der Waals surface area contributed by atoms with Crippen molar-refractivity contribution in [1.82, 2.24) is 9.13 Å². The lowest BCUT2D eigenvalue weighted by atomic mass is 10.1. The van der Waals surface area contributed by atoms with Crippen molar-refractivity contribution in [3.8, 4) is 0 Å². The van der Waals surface area contributed by atoms with Crippen LogP contribution in [0.25, 0.3) is 0 Å². The number of aromatic nitrogens is 2. The summed E-state index contributed by atoms with van der Waals surface area (Å²) in [5, 5.41) is 19.6. The van der Waals surface area contributed by atoms with E-state index in [1.54, 1.807) is 6.92 Å². The summed E-state index contributed by atoms with van der Waals surface area (Å²) < 4.78 is 18.6. The van der Waals surface area contributed by atoms with E-state index in [0.29, 0.717) is 5.56 Å². The molecule has 152 valence electrons. The van der Waals surface area contributed by atoms with E-state index >= 15 is 0 Å². The predicted octanol–water partition coefficient (Wildman–Crippen LogP) is -0.242. The summed E-state index contributed by atoms with van der Waals surface area (Å²) in [7, 11) is 1.38. The van der Waals surface area contributed by atoms with Crippen LogP contribution in [0.3, 0.4) is 0 Å². The highest BCUT2D eigenvalue weighted by Crippen LogP contribution is 2.30. The Kier molecular flexibility index (Phi) is 6.42. The standard InChI is InChI=1S/C19H24N2O7/c1-12-8-20(18-16(26-2)15(23)14(9-22)28-18)19(25)21(17(12)24)11-27-10-13-6-4-3-5-7-13/h3-8,14-16,18,22-23H,9-11H2,1-2H3/t14?,15-,16-,18-/m1/s1. The quantitative estimate of drug-likeness (QED) is 0.669. The molecule has 0 radical (unpaired) electrons. The number of ether oxygens (including phenoxy) is 3. The Balaban J connectivity index is 1.87. The molecule has 9 nitrogen and oxygen atoms in total. The average Bonchev–Trinajstić information content (AvgIpc) is 3.03. The van der Waals surface area contributed by atoms with Crippen LogP contribution in [0.15, 0.2) is 46.1 Å². The van der Waals surface area contributed by atoms with Gasteiger partial charge in [0.15, 0.2) is 6.23 Å². The van der Waals surface area contributed by atoms with E-state index in [1.165, 1.54) is 17.9 Å². The molecule has 3 rings (SSSR count). The molecule has 0 saturated carbocycles. The molecule has 2 heterocycles. The molecule has 9 heteroatoms.